The van der Waals surface area contributed by atoms with E-state index in [2.05, 4.69) is 79.7 Å². The summed E-state index contributed by atoms with van der Waals surface area (Å²) in [6.45, 7) is 13.5. The third-order valence-corrected chi connectivity index (χ3v) is 4.70. The zero-order valence-corrected chi connectivity index (χ0v) is 16.2. The summed E-state index contributed by atoms with van der Waals surface area (Å²) in [7, 11) is 1.76. The molecular formula is C24H31NO. The van der Waals surface area contributed by atoms with Crippen molar-refractivity contribution in [3.8, 4) is 0 Å². The standard InChI is InChI=1S/C24H31NO/c1-5-21-9-7-10-23(13-12-21)19-25(17-18-26-4)20-24(3)15-8-11-22(6-2)14-16-24/h5-9,11-16H,1-2,10,17-20H2,3-4H3. The van der Waals surface area contributed by atoms with Crippen LogP contribution < -0.4 is 0 Å². The fraction of sp³-hybridized carbons (Fsp3) is 0.333. The van der Waals surface area contributed by atoms with Crippen molar-refractivity contribution in [2.75, 3.05) is 33.4 Å². The zero-order chi connectivity index (χ0) is 18.8. The molecule has 0 N–H and O–H groups in total. The first-order valence-electron chi connectivity index (χ1n) is 9.20. The minimum Gasteiger partial charge on any atom is -0.383 e. The molecule has 0 saturated carbocycles. The van der Waals surface area contributed by atoms with Crippen molar-refractivity contribution in [3.05, 3.63) is 96.7 Å². The molecule has 0 fully saturated rings. The van der Waals surface area contributed by atoms with Crippen molar-refractivity contribution in [2.45, 2.75) is 13.3 Å². The maximum Gasteiger partial charge on any atom is 0.0589 e. The predicted molar refractivity (Wildman–Crippen MR) is 113 cm³/mol. The fourth-order valence-electron chi connectivity index (χ4n) is 3.16. The Morgan fingerprint density at radius 1 is 1.12 bits per heavy atom. The van der Waals surface area contributed by atoms with E-state index in [0.29, 0.717) is 0 Å². The molecule has 1 unspecified atom stereocenters. The molecule has 0 aromatic carbocycles. The monoisotopic (exact) mass is 349 g/mol. The van der Waals surface area contributed by atoms with E-state index in [1.165, 1.54) is 5.57 Å². The topological polar surface area (TPSA) is 12.5 Å². The third kappa shape index (κ3) is 6.29. The number of nitrogens with zero attached hydrogens (tertiary/aromatic N) is 1. The van der Waals surface area contributed by atoms with Crippen LogP contribution in [0.5, 0.6) is 0 Å². The van der Waals surface area contributed by atoms with Gasteiger partial charge in [0.05, 0.1) is 6.61 Å². The van der Waals surface area contributed by atoms with Crippen molar-refractivity contribution in [1.29, 1.82) is 0 Å². The van der Waals surface area contributed by atoms with E-state index in [0.717, 1.165) is 43.8 Å². The van der Waals surface area contributed by atoms with E-state index in [1.54, 1.807) is 7.11 Å². The Kier molecular flexibility index (Phi) is 7.83. The highest BCUT2D eigenvalue weighted by Gasteiger charge is 2.22. The van der Waals surface area contributed by atoms with E-state index in [9.17, 15) is 0 Å². The van der Waals surface area contributed by atoms with E-state index in [1.807, 2.05) is 12.2 Å². The Hall–Kier alpha value is -2.16. The molecule has 26 heavy (non-hydrogen) atoms. The second kappa shape index (κ2) is 10.1. The van der Waals surface area contributed by atoms with Crippen LogP contribution in [0.25, 0.3) is 0 Å². The summed E-state index contributed by atoms with van der Waals surface area (Å²) in [6.07, 6.45) is 24.4. The Bertz CT molecular complexity index is 687. The van der Waals surface area contributed by atoms with Crippen molar-refractivity contribution in [2.24, 2.45) is 5.41 Å². The van der Waals surface area contributed by atoms with Gasteiger partial charge in [-0.15, -0.1) is 0 Å². The molecule has 0 aromatic rings. The van der Waals surface area contributed by atoms with Gasteiger partial charge in [-0.2, -0.15) is 0 Å². The Balaban J connectivity index is 2.11. The average Bonchev–Trinajstić information content (AvgIpc) is 2.97. The van der Waals surface area contributed by atoms with Crippen LogP contribution in [0.15, 0.2) is 96.7 Å². The van der Waals surface area contributed by atoms with E-state index < -0.39 is 0 Å². The predicted octanol–water partition coefficient (Wildman–Crippen LogP) is 5.18. The van der Waals surface area contributed by atoms with Crippen LogP contribution in [0.2, 0.25) is 0 Å². The molecule has 2 rings (SSSR count). The summed E-state index contributed by atoms with van der Waals surface area (Å²) in [6, 6.07) is 0. The Labute approximate surface area is 158 Å². The summed E-state index contributed by atoms with van der Waals surface area (Å²) < 4.78 is 5.34. The van der Waals surface area contributed by atoms with Crippen molar-refractivity contribution in [3.63, 3.8) is 0 Å². The first-order chi connectivity index (χ1) is 12.6. The van der Waals surface area contributed by atoms with Crippen LogP contribution in [-0.2, 0) is 4.74 Å². The molecular weight excluding hydrogens is 318 g/mol. The van der Waals surface area contributed by atoms with Gasteiger partial charge in [0.15, 0.2) is 0 Å². The molecule has 0 saturated heterocycles. The second-order valence-corrected chi connectivity index (χ2v) is 7.07. The smallest absolute Gasteiger partial charge is 0.0589 e. The Morgan fingerprint density at radius 3 is 2.62 bits per heavy atom. The van der Waals surface area contributed by atoms with Crippen LogP contribution in [0.3, 0.4) is 0 Å². The number of hydrogen-bond acceptors (Lipinski definition) is 2. The maximum absolute atomic E-state index is 5.34. The van der Waals surface area contributed by atoms with Gasteiger partial charge in [-0.1, -0.05) is 92.5 Å². The lowest BCUT2D eigenvalue weighted by Crippen LogP contribution is -2.37. The number of allylic oxidation sites excluding steroid dienone is 11. The SMILES string of the molecule is C=CC1=CC=CC(C)(CN(CCOC)CC2=CC=C(C=C)C=CC2)C=C1. The van der Waals surface area contributed by atoms with Gasteiger partial charge in [-0.05, 0) is 17.6 Å². The van der Waals surface area contributed by atoms with Crippen LogP contribution in [-0.4, -0.2) is 38.3 Å². The summed E-state index contributed by atoms with van der Waals surface area (Å²) in [5.41, 5.74) is 3.70. The lowest BCUT2D eigenvalue weighted by molar-refractivity contribution is 0.140. The van der Waals surface area contributed by atoms with Gasteiger partial charge in [0.1, 0.15) is 0 Å². The lowest BCUT2D eigenvalue weighted by atomic mass is 9.89. The number of methoxy groups -OCH3 is 1. The summed E-state index contributed by atoms with van der Waals surface area (Å²) in [5.74, 6) is 0. The van der Waals surface area contributed by atoms with E-state index >= 15 is 0 Å². The minimum absolute atomic E-state index is 0.0156. The Morgan fingerprint density at radius 2 is 1.88 bits per heavy atom. The largest absolute Gasteiger partial charge is 0.383 e. The molecule has 138 valence electrons. The van der Waals surface area contributed by atoms with E-state index in [4.69, 9.17) is 4.74 Å². The van der Waals surface area contributed by atoms with Gasteiger partial charge in [0, 0.05) is 32.2 Å². The summed E-state index contributed by atoms with van der Waals surface area (Å²) in [5, 5.41) is 0. The molecule has 0 spiro atoms. The van der Waals surface area contributed by atoms with Crippen molar-refractivity contribution < 1.29 is 4.74 Å². The fourth-order valence-corrected chi connectivity index (χ4v) is 3.16. The van der Waals surface area contributed by atoms with Gasteiger partial charge < -0.3 is 4.74 Å². The number of ether oxygens (including phenoxy) is 1. The molecule has 1 atom stereocenters. The van der Waals surface area contributed by atoms with Crippen LogP contribution >= 0.6 is 0 Å². The molecule has 0 aliphatic heterocycles. The maximum atomic E-state index is 5.34. The lowest BCUT2D eigenvalue weighted by Gasteiger charge is -2.31. The summed E-state index contributed by atoms with van der Waals surface area (Å²) >= 11 is 0. The second-order valence-electron chi connectivity index (χ2n) is 7.07. The van der Waals surface area contributed by atoms with Crippen LogP contribution in [0.1, 0.15) is 13.3 Å². The number of hydrogen-bond donors (Lipinski definition) is 0. The van der Waals surface area contributed by atoms with Crippen molar-refractivity contribution >= 4 is 0 Å². The molecule has 2 nitrogen and oxygen atoms in total. The highest BCUT2D eigenvalue weighted by atomic mass is 16.5. The zero-order valence-electron chi connectivity index (χ0n) is 16.2. The molecule has 0 heterocycles. The normalized spacial score (nSPS) is 22.3. The molecule has 0 amide bonds. The van der Waals surface area contributed by atoms with Crippen LogP contribution in [0, 0.1) is 5.41 Å². The molecule has 2 aliphatic rings. The first-order valence-corrected chi connectivity index (χ1v) is 9.20. The molecule has 2 aliphatic carbocycles. The minimum atomic E-state index is -0.0156. The van der Waals surface area contributed by atoms with Gasteiger partial charge in [0.25, 0.3) is 0 Å². The third-order valence-electron chi connectivity index (χ3n) is 4.70. The van der Waals surface area contributed by atoms with Gasteiger partial charge >= 0.3 is 0 Å². The van der Waals surface area contributed by atoms with Gasteiger partial charge in [-0.3, -0.25) is 4.90 Å². The molecule has 0 aromatic heterocycles. The van der Waals surface area contributed by atoms with Gasteiger partial charge in [-0.25, -0.2) is 0 Å². The van der Waals surface area contributed by atoms with Crippen molar-refractivity contribution in [1.82, 2.24) is 4.90 Å². The highest BCUT2D eigenvalue weighted by molar-refractivity contribution is 5.38. The van der Waals surface area contributed by atoms with E-state index in [-0.39, 0.29) is 5.41 Å². The van der Waals surface area contributed by atoms with Gasteiger partial charge in [0.2, 0.25) is 0 Å². The average molecular weight is 350 g/mol. The quantitative estimate of drug-likeness (QED) is 0.569. The summed E-state index contributed by atoms with van der Waals surface area (Å²) in [4.78, 5) is 2.48. The number of rotatable bonds is 9. The molecule has 0 radical (unpaired) electrons. The molecule has 0 bridgehead atoms. The molecule has 2 heteroatoms. The first kappa shape index (κ1) is 20.2. The van der Waals surface area contributed by atoms with Crippen LogP contribution in [0.4, 0.5) is 0 Å². The highest BCUT2D eigenvalue weighted by Crippen LogP contribution is 2.26.